The molecule has 1 saturated heterocycles. The minimum Gasteiger partial charge on any atom is -0.333 e. The topological polar surface area (TPSA) is 20.3 Å². The molecule has 1 aliphatic carbocycles. The number of carbonyl (C=O) groups is 1. The summed E-state index contributed by atoms with van der Waals surface area (Å²) in [6.07, 6.45) is 5.00. The largest absolute Gasteiger partial charge is 0.333 e. The fourth-order valence-electron chi connectivity index (χ4n) is 2.53. The summed E-state index contributed by atoms with van der Waals surface area (Å²) in [7, 11) is 0. The van der Waals surface area contributed by atoms with Gasteiger partial charge in [-0.1, -0.05) is 19.9 Å². The van der Waals surface area contributed by atoms with E-state index in [1.807, 2.05) is 6.08 Å². The molecule has 2 aliphatic rings. The molecule has 0 aromatic rings. The fraction of sp³-hybridized carbons (Fsp3) is 0.750. The highest BCUT2D eigenvalue weighted by Gasteiger charge is 2.52. The lowest BCUT2D eigenvalue weighted by Crippen LogP contribution is -2.37. The van der Waals surface area contributed by atoms with Crippen molar-refractivity contribution in [2.24, 2.45) is 11.8 Å². The monoisotopic (exact) mass is 193 g/mol. The van der Waals surface area contributed by atoms with Crippen molar-refractivity contribution in [2.75, 3.05) is 0 Å². The van der Waals surface area contributed by atoms with Crippen LogP contribution < -0.4 is 0 Å². The van der Waals surface area contributed by atoms with Gasteiger partial charge >= 0.3 is 0 Å². The Morgan fingerprint density at radius 3 is 2.86 bits per heavy atom. The van der Waals surface area contributed by atoms with Crippen LogP contribution in [0.1, 0.15) is 33.1 Å². The van der Waals surface area contributed by atoms with Crippen molar-refractivity contribution in [3.63, 3.8) is 0 Å². The summed E-state index contributed by atoms with van der Waals surface area (Å²) in [5.74, 6) is 1.58. The van der Waals surface area contributed by atoms with Crippen LogP contribution in [0.25, 0.3) is 0 Å². The van der Waals surface area contributed by atoms with E-state index in [0.717, 1.165) is 12.3 Å². The molecule has 2 rings (SSSR count). The third kappa shape index (κ3) is 1.58. The van der Waals surface area contributed by atoms with Gasteiger partial charge in [0.05, 0.1) is 6.04 Å². The number of likely N-dealkylation sites (tertiary alicyclic amines) is 1. The Hall–Kier alpha value is -0.790. The molecule has 2 nitrogen and oxygen atoms in total. The van der Waals surface area contributed by atoms with Crippen molar-refractivity contribution in [3.8, 4) is 0 Å². The standard InChI is InChI=1S/C12H19NO/c1-4-10-6-9-7-11(9)13(10)12(14)5-8(2)3/h4,8-11H,1,5-7H2,2-3H3/t9?,10-,11?/m1/s1. The Morgan fingerprint density at radius 1 is 1.57 bits per heavy atom. The van der Waals surface area contributed by atoms with Gasteiger partial charge in [-0.05, 0) is 24.7 Å². The van der Waals surface area contributed by atoms with E-state index in [-0.39, 0.29) is 0 Å². The Balaban J connectivity index is 2.01. The Bertz CT molecular complexity index is 259. The highest BCUT2D eigenvalue weighted by atomic mass is 16.2. The minimum absolute atomic E-state index is 0.324. The Kier molecular flexibility index (Phi) is 2.38. The number of hydrogen-bond acceptors (Lipinski definition) is 1. The number of fused-ring (bicyclic) bond motifs is 1. The molecular weight excluding hydrogens is 174 g/mol. The number of hydrogen-bond donors (Lipinski definition) is 0. The smallest absolute Gasteiger partial charge is 0.223 e. The maximum atomic E-state index is 11.9. The quantitative estimate of drug-likeness (QED) is 0.629. The molecule has 78 valence electrons. The van der Waals surface area contributed by atoms with Crippen LogP contribution in [0, 0.1) is 11.8 Å². The Labute approximate surface area is 86.0 Å². The van der Waals surface area contributed by atoms with Crippen molar-refractivity contribution < 1.29 is 4.79 Å². The average Bonchev–Trinajstić information content (AvgIpc) is 2.75. The normalized spacial score (nSPS) is 34.5. The van der Waals surface area contributed by atoms with E-state index in [1.165, 1.54) is 6.42 Å². The Morgan fingerprint density at radius 2 is 2.29 bits per heavy atom. The van der Waals surface area contributed by atoms with Crippen LogP contribution >= 0.6 is 0 Å². The summed E-state index contributed by atoms with van der Waals surface area (Å²) < 4.78 is 0. The lowest BCUT2D eigenvalue weighted by Gasteiger charge is -2.25. The van der Waals surface area contributed by atoms with Gasteiger partial charge in [-0.25, -0.2) is 0 Å². The van der Waals surface area contributed by atoms with Gasteiger partial charge in [0.25, 0.3) is 0 Å². The fourth-order valence-corrected chi connectivity index (χ4v) is 2.53. The van der Waals surface area contributed by atoms with Crippen LogP contribution in [0.3, 0.4) is 0 Å². The van der Waals surface area contributed by atoms with E-state index >= 15 is 0 Å². The van der Waals surface area contributed by atoms with E-state index in [0.29, 0.717) is 30.3 Å². The second kappa shape index (κ2) is 3.41. The van der Waals surface area contributed by atoms with Crippen LogP contribution in [-0.2, 0) is 4.79 Å². The SMILES string of the molecule is C=C[C@@H]1CC2CC2N1C(=O)CC(C)C. The molecule has 3 atom stereocenters. The zero-order valence-corrected chi connectivity index (χ0v) is 9.07. The van der Waals surface area contributed by atoms with Gasteiger partial charge < -0.3 is 4.90 Å². The summed E-state index contributed by atoms with van der Waals surface area (Å²) in [6, 6.07) is 0.884. The van der Waals surface area contributed by atoms with Gasteiger partial charge in [0.1, 0.15) is 0 Å². The van der Waals surface area contributed by atoms with Gasteiger partial charge in [-0.15, -0.1) is 6.58 Å². The molecule has 1 aliphatic heterocycles. The van der Waals surface area contributed by atoms with Gasteiger partial charge in [-0.2, -0.15) is 0 Å². The lowest BCUT2D eigenvalue weighted by molar-refractivity contribution is -0.133. The third-order valence-electron chi connectivity index (χ3n) is 3.29. The predicted molar refractivity (Wildman–Crippen MR) is 56.8 cm³/mol. The highest BCUT2D eigenvalue weighted by molar-refractivity contribution is 5.78. The summed E-state index contributed by atoms with van der Waals surface area (Å²) in [6.45, 7) is 8.01. The summed E-state index contributed by atoms with van der Waals surface area (Å²) >= 11 is 0. The lowest BCUT2D eigenvalue weighted by atomic mass is 10.1. The first-order chi connectivity index (χ1) is 6.63. The molecule has 1 saturated carbocycles. The van der Waals surface area contributed by atoms with E-state index in [2.05, 4.69) is 25.3 Å². The molecule has 2 fully saturated rings. The van der Waals surface area contributed by atoms with Gasteiger partial charge in [0.2, 0.25) is 5.91 Å². The van der Waals surface area contributed by atoms with E-state index < -0.39 is 0 Å². The third-order valence-corrected chi connectivity index (χ3v) is 3.29. The van der Waals surface area contributed by atoms with Gasteiger partial charge in [-0.3, -0.25) is 4.79 Å². The number of amides is 1. The molecular formula is C12H19NO. The van der Waals surface area contributed by atoms with Gasteiger partial charge in [0, 0.05) is 12.5 Å². The molecule has 1 amide bonds. The second-order valence-corrected chi connectivity index (χ2v) is 5.00. The molecule has 0 radical (unpaired) electrons. The van der Waals surface area contributed by atoms with E-state index in [1.54, 1.807) is 0 Å². The molecule has 2 heteroatoms. The number of piperidine rings is 1. The van der Waals surface area contributed by atoms with Crippen LogP contribution in [0.15, 0.2) is 12.7 Å². The molecule has 0 N–H and O–H groups in total. The van der Waals surface area contributed by atoms with Crippen LogP contribution in [0.5, 0.6) is 0 Å². The van der Waals surface area contributed by atoms with E-state index in [4.69, 9.17) is 0 Å². The molecule has 0 aromatic carbocycles. The van der Waals surface area contributed by atoms with Crippen molar-refractivity contribution in [1.29, 1.82) is 0 Å². The van der Waals surface area contributed by atoms with Gasteiger partial charge in [0.15, 0.2) is 0 Å². The maximum Gasteiger partial charge on any atom is 0.223 e. The molecule has 2 unspecified atom stereocenters. The first-order valence-corrected chi connectivity index (χ1v) is 5.57. The minimum atomic E-state index is 0.324. The zero-order valence-electron chi connectivity index (χ0n) is 9.07. The molecule has 0 spiro atoms. The molecule has 0 aromatic heterocycles. The molecule has 0 bridgehead atoms. The molecule has 1 heterocycles. The predicted octanol–water partition coefficient (Wildman–Crippen LogP) is 2.21. The van der Waals surface area contributed by atoms with E-state index in [9.17, 15) is 4.79 Å². The summed E-state index contributed by atoms with van der Waals surface area (Å²) in [4.78, 5) is 14.0. The molecule has 14 heavy (non-hydrogen) atoms. The first-order valence-electron chi connectivity index (χ1n) is 5.57. The first kappa shape index (κ1) is 9.75. The maximum absolute atomic E-state index is 11.9. The highest BCUT2D eigenvalue weighted by Crippen LogP contribution is 2.48. The second-order valence-electron chi connectivity index (χ2n) is 5.00. The van der Waals surface area contributed by atoms with Crippen molar-refractivity contribution in [1.82, 2.24) is 4.90 Å². The summed E-state index contributed by atoms with van der Waals surface area (Å²) in [5.41, 5.74) is 0. The average molecular weight is 193 g/mol. The van der Waals surface area contributed by atoms with Crippen molar-refractivity contribution in [2.45, 2.75) is 45.2 Å². The summed E-state index contributed by atoms with van der Waals surface area (Å²) in [5, 5.41) is 0. The van der Waals surface area contributed by atoms with Crippen LogP contribution in [-0.4, -0.2) is 22.9 Å². The van der Waals surface area contributed by atoms with Crippen molar-refractivity contribution in [3.05, 3.63) is 12.7 Å². The number of carbonyl (C=O) groups excluding carboxylic acids is 1. The number of nitrogens with zero attached hydrogens (tertiary/aromatic N) is 1. The van der Waals surface area contributed by atoms with Crippen molar-refractivity contribution >= 4 is 5.91 Å². The van der Waals surface area contributed by atoms with Crippen LogP contribution in [0.2, 0.25) is 0 Å². The zero-order chi connectivity index (χ0) is 10.3. The van der Waals surface area contributed by atoms with Crippen LogP contribution in [0.4, 0.5) is 0 Å². The number of rotatable bonds is 3.